The molecule has 4 aromatic rings. The molecule has 0 unspecified atom stereocenters. The van der Waals surface area contributed by atoms with Gasteiger partial charge in [0, 0.05) is 57.1 Å². The fraction of sp³-hybridized carbons (Fsp3) is 0.500. The predicted octanol–water partition coefficient (Wildman–Crippen LogP) is 5.82. The van der Waals surface area contributed by atoms with Crippen molar-refractivity contribution in [2.75, 3.05) is 44.6 Å². The summed E-state index contributed by atoms with van der Waals surface area (Å²) in [6.45, 7) is 14.3. The van der Waals surface area contributed by atoms with Crippen molar-refractivity contribution in [2.24, 2.45) is 0 Å². The molecule has 0 aliphatic carbocycles. The highest BCUT2D eigenvalue weighted by Gasteiger charge is 2.40. The number of nitrogens with one attached hydrogen (secondary N) is 1. The summed E-state index contributed by atoms with van der Waals surface area (Å²) in [6, 6.07) is 6.82. The van der Waals surface area contributed by atoms with Crippen LogP contribution in [0.3, 0.4) is 0 Å². The van der Waals surface area contributed by atoms with Gasteiger partial charge in [-0.3, -0.25) is 9.80 Å². The maximum absolute atomic E-state index is 15.0. The van der Waals surface area contributed by atoms with Crippen molar-refractivity contribution < 1.29 is 17.9 Å². The van der Waals surface area contributed by atoms with Crippen LogP contribution >= 0.6 is 0 Å². The van der Waals surface area contributed by atoms with Gasteiger partial charge >= 0.3 is 0 Å². The van der Waals surface area contributed by atoms with Gasteiger partial charge in [0.2, 0.25) is 5.95 Å². The molecular formula is C32H39F3N8O. The summed E-state index contributed by atoms with van der Waals surface area (Å²) in [4.78, 5) is 21.8. The first-order chi connectivity index (χ1) is 20.9. The molecule has 0 bridgehead atoms. The topological polar surface area (TPSA) is 84.2 Å². The van der Waals surface area contributed by atoms with Crippen molar-refractivity contribution in [1.82, 2.24) is 34.3 Å². The summed E-state index contributed by atoms with van der Waals surface area (Å²) in [5.74, 6) is 0.138. The molecule has 234 valence electrons. The van der Waals surface area contributed by atoms with E-state index in [1.54, 1.807) is 19.2 Å². The van der Waals surface area contributed by atoms with E-state index in [1.165, 1.54) is 6.07 Å². The number of likely N-dealkylation sites (tertiary alicyclic amines) is 1. The zero-order valence-electron chi connectivity index (χ0n) is 25.9. The Morgan fingerprint density at radius 2 is 1.80 bits per heavy atom. The van der Waals surface area contributed by atoms with E-state index in [9.17, 15) is 8.78 Å². The fourth-order valence-electron chi connectivity index (χ4n) is 6.40. The van der Waals surface area contributed by atoms with Crippen LogP contribution in [0, 0.1) is 18.6 Å². The molecule has 0 spiro atoms. The van der Waals surface area contributed by atoms with Crippen molar-refractivity contribution in [3.8, 4) is 11.3 Å². The number of nitrogens with zero attached hydrogens (tertiary/aromatic N) is 7. The summed E-state index contributed by atoms with van der Waals surface area (Å²) in [7, 11) is 0. The van der Waals surface area contributed by atoms with Gasteiger partial charge in [0.25, 0.3) is 0 Å². The highest BCUT2D eigenvalue weighted by molar-refractivity contribution is 5.83. The number of rotatable bonds is 9. The highest BCUT2D eigenvalue weighted by Crippen LogP contribution is 2.31. The monoisotopic (exact) mass is 608 g/mol. The van der Waals surface area contributed by atoms with Gasteiger partial charge in [-0.2, -0.15) is 0 Å². The molecule has 44 heavy (non-hydrogen) atoms. The van der Waals surface area contributed by atoms with E-state index in [0.717, 1.165) is 44.4 Å². The molecule has 2 aliphatic heterocycles. The van der Waals surface area contributed by atoms with Crippen LogP contribution in [0.4, 0.5) is 24.9 Å². The second-order valence-electron chi connectivity index (χ2n) is 12.9. The van der Waals surface area contributed by atoms with E-state index in [0.29, 0.717) is 42.4 Å². The minimum absolute atomic E-state index is 0.0164. The molecule has 0 saturated carbocycles. The molecule has 3 aromatic heterocycles. The van der Waals surface area contributed by atoms with Crippen LogP contribution in [0.2, 0.25) is 0 Å². The van der Waals surface area contributed by atoms with Crippen LogP contribution in [-0.4, -0.2) is 84.9 Å². The number of hydrogen-bond acceptors (Lipinski definition) is 8. The summed E-state index contributed by atoms with van der Waals surface area (Å²) < 4.78 is 51.8. The van der Waals surface area contributed by atoms with Crippen molar-refractivity contribution >= 4 is 22.8 Å². The van der Waals surface area contributed by atoms with Gasteiger partial charge in [-0.25, -0.2) is 33.1 Å². The number of anilines is 2. The zero-order chi connectivity index (χ0) is 31.2. The zero-order valence-corrected chi connectivity index (χ0v) is 25.9. The summed E-state index contributed by atoms with van der Waals surface area (Å²) in [5.41, 5.74) is 0.801. The number of imidazole rings is 1. The number of fused-ring (bicyclic) bond motifs is 1. The maximum Gasteiger partial charge on any atom is 0.229 e. The highest BCUT2D eigenvalue weighted by atomic mass is 19.1. The minimum atomic E-state index is -1.06. The Balaban J connectivity index is 1.11. The molecule has 9 nitrogen and oxygen atoms in total. The van der Waals surface area contributed by atoms with Crippen LogP contribution in [0.5, 0.6) is 0 Å². The lowest BCUT2D eigenvalue weighted by Crippen LogP contribution is -2.59. The van der Waals surface area contributed by atoms with Gasteiger partial charge in [0.05, 0.1) is 23.9 Å². The van der Waals surface area contributed by atoms with Gasteiger partial charge in [-0.1, -0.05) is 6.07 Å². The van der Waals surface area contributed by atoms with Gasteiger partial charge in [-0.15, -0.1) is 0 Å². The van der Waals surface area contributed by atoms with E-state index >= 15 is 4.39 Å². The maximum atomic E-state index is 15.0. The SMILES string of the molecule is Cc1nc2c(F)cc(-c3nc(Nc4ccc(CN5CCO[C@](C)(CCN6CC(C)(F)C6)C5)cn4)ncc3F)cc2n1C(C)C. The fourth-order valence-corrected chi connectivity index (χ4v) is 6.40. The second kappa shape index (κ2) is 11.7. The van der Waals surface area contributed by atoms with E-state index in [-0.39, 0.29) is 28.8 Å². The molecule has 1 atom stereocenters. The Hall–Kier alpha value is -3.61. The Morgan fingerprint density at radius 3 is 2.50 bits per heavy atom. The Kier molecular flexibility index (Phi) is 8.10. The third-order valence-corrected chi connectivity index (χ3v) is 8.41. The summed E-state index contributed by atoms with van der Waals surface area (Å²) in [6.07, 6.45) is 3.71. The molecular weight excluding hydrogens is 569 g/mol. The van der Waals surface area contributed by atoms with E-state index in [2.05, 4.69) is 42.0 Å². The first kappa shape index (κ1) is 30.4. The first-order valence-electron chi connectivity index (χ1n) is 15.1. The standard InChI is InChI=1S/C32H39F3N8O/c1-20(2)43-21(3)38-29-24(33)12-23(13-26(29)43)28-25(34)15-37-30(40-28)39-27-7-6-22(14-36-27)16-41-10-11-44-32(5,19-41)8-9-42-17-31(4,35)18-42/h6-7,12-15,20H,8-11,16-19H2,1-5H3,(H,36,37,39,40)/t32-/m1/s1. The molecule has 6 rings (SSSR count). The molecule has 5 heterocycles. The Labute approximate surface area is 255 Å². The number of ether oxygens (including phenoxy) is 1. The molecule has 2 aliphatic rings. The van der Waals surface area contributed by atoms with Gasteiger partial charge in [0.15, 0.2) is 11.6 Å². The summed E-state index contributed by atoms with van der Waals surface area (Å²) in [5, 5.41) is 3.04. The van der Waals surface area contributed by atoms with Gasteiger partial charge in [-0.05, 0) is 64.8 Å². The third kappa shape index (κ3) is 6.43. The van der Waals surface area contributed by atoms with Crippen LogP contribution in [0.1, 0.15) is 51.5 Å². The molecule has 2 fully saturated rings. The second-order valence-corrected chi connectivity index (χ2v) is 12.9. The number of alkyl halides is 1. The van der Waals surface area contributed by atoms with E-state index in [4.69, 9.17) is 4.74 Å². The minimum Gasteiger partial charge on any atom is -0.373 e. The smallest absolute Gasteiger partial charge is 0.229 e. The van der Waals surface area contributed by atoms with Crippen LogP contribution in [0.15, 0.2) is 36.7 Å². The summed E-state index contributed by atoms with van der Waals surface area (Å²) >= 11 is 0. The Morgan fingerprint density at radius 1 is 1.00 bits per heavy atom. The largest absolute Gasteiger partial charge is 0.373 e. The Bertz CT molecular complexity index is 1650. The lowest BCUT2D eigenvalue weighted by Gasteiger charge is -2.45. The average molecular weight is 609 g/mol. The molecule has 1 aromatic carbocycles. The predicted molar refractivity (Wildman–Crippen MR) is 164 cm³/mol. The third-order valence-electron chi connectivity index (χ3n) is 8.41. The van der Waals surface area contributed by atoms with E-state index < -0.39 is 17.3 Å². The molecule has 1 N–H and O–H groups in total. The number of aromatic nitrogens is 5. The molecule has 12 heteroatoms. The number of aryl methyl sites for hydroxylation is 1. The number of halogens is 3. The normalized spacial score (nSPS) is 20.8. The number of hydrogen-bond donors (Lipinski definition) is 1. The number of pyridine rings is 1. The molecule has 2 saturated heterocycles. The first-order valence-corrected chi connectivity index (χ1v) is 15.1. The van der Waals surface area contributed by atoms with Crippen molar-refractivity contribution in [1.29, 1.82) is 0 Å². The quantitative estimate of drug-likeness (QED) is 0.254. The lowest BCUT2D eigenvalue weighted by molar-refractivity contribution is -0.114. The number of benzene rings is 1. The van der Waals surface area contributed by atoms with Crippen molar-refractivity contribution in [3.05, 3.63) is 59.7 Å². The molecule has 0 amide bonds. The van der Waals surface area contributed by atoms with E-state index in [1.807, 2.05) is 37.5 Å². The van der Waals surface area contributed by atoms with Gasteiger partial charge in [0.1, 0.15) is 28.5 Å². The lowest BCUT2D eigenvalue weighted by atomic mass is 9.94. The average Bonchev–Trinajstić information content (AvgIpc) is 3.29. The van der Waals surface area contributed by atoms with Crippen molar-refractivity contribution in [3.63, 3.8) is 0 Å². The molecule has 0 radical (unpaired) electrons. The van der Waals surface area contributed by atoms with Crippen molar-refractivity contribution in [2.45, 2.75) is 64.9 Å². The number of morpholine rings is 1. The van der Waals surface area contributed by atoms with Crippen LogP contribution in [0.25, 0.3) is 22.3 Å². The van der Waals surface area contributed by atoms with Gasteiger partial charge < -0.3 is 14.6 Å². The van der Waals surface area contributed by atoms with Crippen LogP contribution < -0.4 is 5.32 Å². The van der Waals surface area contributed by atoms with Crippen LogP contribution in [-0.2, 0) is 11.3 Å².